The second-order valence-electron chi connectivity index (χ2n) is 4.44. The van der Waals surface area contributed by atoms with Gasteiger partial charge in [-0.1, -0.05) is 29.8 Å². The highest BCUT2D eigenvalue weighted by Gasteiger charge is 2.09. The Hall–Kier alpha value is -2.64. The average molecular weight is 298 g/mol. The van der Waals surface area contributed by atoms with Crippen LogP contribution in [0.1, 0.15) is 5.56 Å². The number of nitriles is 1. The van der Waals surface area contributed by atoms with Gasteiger partial charge < -0.3 is 5.32 Å². The van der Waals surface area contributed by atoms with Crippen LogP contribution in [0, 0.1) is 17.1 Å². The number of halogens is 2. The van der Waals surface area contributed by atoms with E-state index in [0.29, 0.717) is 16.4 Å². The van der Waals surface area contributed by atoms with Gasteiger partial charge in [-0.3, -0.25) is 0 Å². The Morgan fingerprint density at radius 3 is 2.71 bits per heavy atom. The van der Waals surface area contributed by atoms with Crippen LogP contribution in [0.5, 0.6) is 0 Å². The highest BCUT2D eigenvalue weighted by Crippen LogP contribution is 2.26. The summed E-state index contributed by atoms with van der Waals surface area (Å²) in [5, 5.41) is 13.2. The number of hydrogen-bond acceptors (Lipinski definition) is 3. The number of para-hydroxylation sites is 1. The number of aromatic nitrogens is 1. The SMILES string of the molecule is N#Cc1cc2ccccc2nc1Nc1ccc(Cl)cc1F. The highest BCUT2D eigenvalue weighted by molar-refractivity contribution is 6.30. The molecule has 3 aromatic rings. The fourth-order valence-corrected chi connectivity index (χ4v) is 2.17. The quantitative estimate of drug-likeness (QED) is 0.749. The van der Waals surface area contributed by atoms with E-state index in [1.807, 2.05) is 24.3 Å². The first-order chi connectivity index (χ1) is 10.2. The molecule has 1 aromatic heterocycles. The van der Waals surface area contributed by atoms with Crippen molar-refractivity contribution in [3.63, 3.8) is 0 Å². The van der Waals surface area contributed by atoms with Crippen molar-refractivity contribution in [3.8, 4) is 6.07 Å². The van der Waals surface area contributed by atoms with Crippen LogP contribution in [0.3, 0.4) is 0 Å². The Bertz CT molecular complexity index is 871. The van der Waals surface area contributed by atoms with Gasteiger partial charge in [0, 0.05) is 10.4 Å². The van der Waals surface area contributed by atoms with E-state index in [1.165, 1.54) is 12.1 Å². The predicted molar refractivity (Wildman–Crippen MR) is 81.2 cm³/mol. The molecule has 1 N–H and O–H groups in total. The Balaban J connectivity index is 2.09. The van der Waals surface area contributed by atoms with Crippen LogP contribution in [0.2, 0.25) is 5.02 Å². The van der Waals surface area contributed by atoms with E-state index in [4.69, 9.17) is 11.6 Å². The Kier molecular flexibility index (Phi) is 3.43. The molecule has 0 aliphatic heterocycles. The average Bonchev–Trinajstić information content (AvgIpc) is 2.49. The summed E-state index contributed by atoms with van der Waals surface area (Å²) in [7, 11) is 0. The second kappa shape index (κ2) is 5.39. The maximum Gasteiger partial charge on any atom is 0.149 e. The van der Waals surface area contributed by atoms with Crippen LogP contribution < -0.4 is 5.32 Å². The zero-order chi connectivity index (χ0) is 14.8. The lowest BCUT2D eigenvalue weighted by Gasteiger charge is -2.09. The minimum absolute atomic E-state index is 0.221. The van der Waals surface area contributed by atoms with Crippen LogP contribution in [-0.4, -0.2) is 4.98 Å². The molecule has 21 heavy (non-hydrogen) atoms. The highest BCUT2D eigenvalue weighted by atomic mass is 35.5. The molecule has 3 rings (SSSR count). The van der Waals surface area contributed by atoms with Crippen LogP contribution in [-0.2, 0) is 0 Å². The molecular formula is C16H9ClFN3. The van der Waals surface area contributed by atoms with Crippen molar-refractivity contribution in [1.29, 1.82) is 5.26 Å². The third kappa shape index (κ3) is 2.64. The molecule has 0 atom stereocenters. The molecule has 1 heterocycles. The number of fused-ring (bicyclic) bond motifs is 1. The van der Waals surface area contributed by atoms with Crippen LogP contribution in [0.4, 0.5) is 15.9 Å². The van der Waals surface area contributed by atoms with Crippen molar-refractivity contribution < 1.29 is 4.39 Å². The van der Waals surface area contributed by atoms with Crippen molar-refractivity contribution >= 4 is 34.0 Å². The zero-order valence-corrected chi connectivity index (χ0v) is 11.5. The smallest absolute Gasteiger partial charge is 0.149 e. The monoisotopic (exact) mass is 297 g/mol. The molecule has 0 fully saturated rings. The van der Waals surface area contributed by atoms with Crippen LogP contribution in [0.25, 0.3) is 10.9 Å². The molecule has 0 spiro atoms. The molecule has 0 unspecified atom stereocenters. The number of nitrogens with zero attached hydrogens (tertiary/aromatic N) is 2. The Morgan fingerprint density at radius 1 is 1.14 bits per heavy atom. The van der Waals surface area contributed by atoms with Gasteiger partial charge >= 0.3 is 0 Å². The molecular weight excluding hydrogens is 289 g/mol. The first kappa shape index (κ1) is 13.3. The third-order valence-corrected chi connectivity index (χ3v) is 3.26. The van der Waals surface area contributed by atoms with Gasteiger partial charge in [-0.15, -0.1) is 0 Å². The maximum absolute atomic E-state index is 13.8. The molecule has 0 radical (unpaired) electrons. The van der Waals surface area contributed by atoms with Gasteiger partial charge in [0.05, 0.1) is 16.8 Å². The van der Waals surface area contributed by atoms with Gasteiger partial charge in [-0.25, -0.2) is 9.37 Å². The summed E-state index contributed by atoms with van der Waals surface area (Å²) >= 11 is 5.72. The topological polar surface area (TPSA) is 48.7 Å². The van der Waals surface area contributed by atoms with Crippen molar-refractivity contribution in [2.75, 3.05) is 5.32 Å². The first-order valence-electron chi connectivity index (χ1n) is 6.19. The van der Waals surface area contributed by atoms with E-state index < -0.39 is 5.82 Å². The predicted octanol–water partition coefficient (Wildman–Crippen LogP) is 4.64. The van der Waals surface area contributed by atoms with Crippen molar-refractivity contribution in [3.05, 3.63) is 64.9 Å². The summed E-state index contributed by atoms with van der Waals surface area (Å²) < 4.78 is 13.8. The standard InChI is InChI=1S/C16H9ClFN3/c17-12-5-6-15(13(18)8-12)21-16-11(9-19)7-10-3-1-2-4-14(10)20-16/h1-8H,(H,20,21). The lowest BCUT2D eigenvalue weighted by Crippen LogP contribution is -1.99. The van der Waals surface area contributed by atoms with Crippen molar-refractivity contribution in [2.24, 2.45) is 0 Å². The summed E-state index contributed by atoms with van der Waals surface area (Å²) in [6.45, 7) is 0. The Morgan fingerprint density at radius 2 is 1.95 bits per heavy atom. The van der Waals surface area contributed by atoms with E-state index in [9.17, 15) is 9.65 Å². The molecule has 0 aliphatic carbocycles. The molecule has 5 heteroatoms. The van der Waals surface area contributed by atoms with E-state index in [-0.39, 0.29) is 5.69 Å². The number of rotatable bonds is 2. The summed E-state index contributed by atoms with van der Waals surface area (Å²) in [6.07, 6.45) is 0. The van der Waals surface area contributed by atoms with E-state index in [2.05, 4.69) is 16.4 Å². The lowest BCUT2D eigenvalue weighted by molar-refractivity contribution is 0.632. The second-order valence-corrected chi connectivity index (χ2v) is 4.87. The van der Waals surface area contributed by atoms with Gasteiger partial charge in [-0.2, -0.15) is 5.26 Å². The molecule has 2 aromatic carbocycles. The molecule has 0 saturated heterocycles. The van der Waals surface area contributed by atoms with Crippen molar-refractivity contribution in [1.82, 2.24) is 4.98 Å². The van der Waals surface area contributed by atoms with Crippen molar-refractivity contribution in [2.45, 2.75) is 0 Å². The van der Waals surface area contributed by atoms with E-state index in [1.54, 1.807) is 12.1 Å². The van der Waals surface area contributed by atoms with Gasteiger partial charge in [0.2, 0.25) is 0 Å². The molecule has 3 nitrogen and oxygen atoms in total. The number of hydrogen-bond donors (Lipinski definition) is 1. The number of nitrogens with one attached hydrogen (secondary N) is 1. The summed E-state index contributed by atoms with van der Waals surface area (Å²) in [5.41, 5.74) is 1.30. The minimum atomic E-state index is -0.499. The fourth-order valence-electron chi connectivity index (χ4n) is 2.01. The number of anilines is 2. The minimum Gasteiger partial charge on any atom is -0.337 e. The zero-order valence-electron chi connectivity index (χ0n) is 10.8. The third-order valence-electron chi connectivity index (χ3n) is 3.03. The molecule has 0 aliphatic rings. The van der Waals surface area contributed by atoms with E-state index in [0.717, 1.165) is 10.9 Å². The summed E-state index contributed by atoms with van der Waals surface area (Å²) in [4.78, 5) is 4.37. The summed E-state index contributed by atoms with van der Waals surface area (Å²) in [5.74, 6) is -0.182. The molecule has 0 amide bonds. The summed E-state index contributed by atoms with van der Waals surface area (Å²) in [6, 6.07) is 15.5. The van der Waals surface area contributed by atoms with Gasteiger partial charge in [0.1, 0.15) is 17.7 Å². The van der Waals surface area contributed by atoms with Gasteiger partial charge in [-0.05, 0) is 30.3 Å². The van der Waals surface area contributed by atoms with E-state index >= 15 is 0 Å². The van der Waals surface area contributed by atoms with Crippen LogP contribution in [0.15, 0.2) is 48.5 Å². The maximum atomic E-state index is 13.8. The Labute approximate surface area is 125 Å². The first-order valence-corrected chi connectivity index (χ1v) is 6.57. The van der Waals surface area contributed by atoms with Gasteiger partial charge in [0.25, 0.3) is 0 Å². The van der Waals surface area contributed by atoms with Gasteiger partial charge in [0.15, 0.2) is 0 Å². The molecule has 0 bridgehead atoms. The number of pyridine rings is 1. The lowest BCUT2D eigenvalue weighted by atomic mass is 10.1. The van der Waals surface area contributed by atoms with Crippen LogP contribution >= 0.6 is 11.6 Å². The number of benzene rings is 2. The normalized spacial score (nSPS) is 10.3. The molecule has 0 saturated carbocycles. The largest absolute Gasteiger partial charge is 0.337 e. The molecule has 102 valence electrons. The fraction of sp³-hybridized carbons (Fsp3) is 0.